The molecule has 0 spiro atoms. The Kier molecular flexibility index (Phi) is 7.47. The number of nitrogens with zero attached hydrogens (tertiary/aromatic N) is 1. The molecule has 2 atom stereocenters. The number of carbonyl (C=O) groups is 1. The lowest BCUT2D eigenvalue weighted by Gasteiger charge is -2.30. The van der Waals surface area contributed by atoms with E-state index in [4.69, 9.17) is 0 Å². The van der Waals surface area contributed by atoms with Crippen LogP contribution in [0.4, 0.5) is 0 Å². The third-order valence-corrected chi connectivity index (χ3v) is 5.77. The topological polar surface area (TPSA) is 78.5 Å². The maximum absolute atomic E-state index is 12.4. The molecule has 8 heteroatoms. The molecule has 0 radical (unpaired) electrons. The van der Waals surface area contributed by atoms with Gasteiger partial charge >= 0.3 is 0 Å². The first kappa shape index (κ1) is 19.9. The Labute approximate surface area is 144 Å². The zero-order valence-corrected chi connectivity index (χ0v) is 15.0. The molecule has 1 fully saturated rings. The molecule has 130 valence electrons. The number of sulfonamides is 1. The van der Waals surface area contributed by atoms with Gasteiger partial charge in [-0.1, -0.05) is 25.1 Å². The first-order valence-corrected chi connectivity index (χ1v) is 8.86. The molecule has 1 aliphatic rings. The van der Waals surface area contributed by atoms with Crippen molar-refractivity contribution in [1.82, 2.24) is 14.9 Å². The molecule has 6 nitrogen and oxygen atoms in total. The van der Waals surface area contributed by atoms with Crippen LogP contribution in [-0.2, 0) is 14.8 Å². The molecule has 1 amide bonds. The van der Waals surface area contributed by atoms with Crippen LogP contribution in [0.1, 0.15) is 13.3 Å². The van der Waals surface area contributed by atoms with E-state index in [0.29, 0.717) is 5.92 Å². The van der Waals surface area contributed by atoms with E-state index in [1.165, 1.54) is 19.2 Å². The Balaban J connectivity index is 0.00000264. The lowest BCUT2D eigenvalue weighted by molar-refractivity contribution is -0.122. The number of halogens is 1. The summed E-state index contributed by atoms with van der Waals surface area (Å²) in [6, 6.07) is 8.23. The number of carbonyl (C=O) groups excluding carboxylic acids is 1. The summed E-state index contributed by atoms with van der Waals surface area (Å²) in [5, 5.41) is 6.20. The lowest BCUT2D eigenvalue weighted by Crippen LogP contribution is -2.50. The van der Waals surface area contributed by atoms with Crippen LogP contribution in [0.2, 0.25) is 0 Å². The van der Waals surface area contributed by atoms with Crippen molar-refractivity contribution >= 4 is 28.3 Å². The van der Waals surface area contributed by atoms with Crippen LogP contribution in [0.5, 0.6) is 0 Å². The van der Waals surface area contributed by atoms with Crippen molar-refractivity contribution in [3.63, 3.8) is 0 Å². The molecule has 0 saturated carbocycles. The SMILES string of the molecule is CC1CNCCC1NC(=O)CN(C)S(=O)(=O)c1ccccc1.Cl. The zero-order chi connectivity index (χ0) is 16.2. The minimum Gasteiger partial charge on any atom is -0.352 e. The van der Waals surface area contributed by atoms with Gasteiger partial charge in [-0.2, -0.15) is 4.31 Å². The number of piperidine rings is 1. The normalized spacial score (nSPS) is 21.5. The molecule has 2 N–H and O–H groups in total. The van der Waals surface area contributed by atoms with Crippen molar-refractivity contribution in [3.05, 3.63) is 30.3 Å². The van der Waals surface area contributed by atoms with Crippen LogP contribution < -0.4 is 10.6 Å². The van der Waals surface area contributed by atoms with E-state index < -0.39 is 10.0 Å². The summed E-state index contributed by atoms with van der Waals surface area (Å²) in [5.41, 5.74) is 0. The average Bonchev–Trinajstić information content (AvgIpc) is 2.50. The van der Waals surface area contributed by atoms with Gasteiger partial charge in [0.05, 0.1) is 11.4 Å². The van der Waals surface area contributed by atoms with Gasteiger partial charge in [-0.05, 0) is 37.6 Å². The standard InChI is InChI=1S/C15H23N3O3S.ClH/c1-12-10-16-9-8-14(12)17-15(19)11-18(2)22(20,21)13-6-4-3-5-7-13;/h3-7,12,14,16H,8-11H2,1-2H3,(H,17,19);1H. The minimum absolute atomic E-state index is 0. The highest BCUT2D eigenvalue weighted by atomic mass is 35.5. The molecule has 0 aliphatic carbocycles. The van der Waals surface area contributed by atoms with Gasteiger partial charge in [-0.3, -0.25) is 4.79 Å². The van der Waals surface area contributed by atoms with Gasteiger partial charge in [0.25, 0.3) is 0 Å². The molecule has 2 unspecified atom stereocenters. The highest BCUT2D eigenvalue weighted by Gasteiger charge is 2.26. The van der Waals surface area contributed by atoms with Gasteiger partial charge in [0.1, 0.15) is 0 Å². The first-order chi connectivity index (χ1) is 10.4. The summed E-state index contributed by atoms with van der Waals surface area (Å²) in [5.74, 6) is 0.0782. The predicted molar refractivity (Wildman–Crippen MR) is 92.1 cm³/mol. The van der Waals surface area contributed by atoms with Crippen molar-refractivity contribution in [2.45, 2.75) is 24.3 Å². The van der Waals surface area contributed by atoms with Crippen molar-refractivity contribution in [2.24, 2.45) is 5.92 Å². The zero-order valence-electron chi connectivity index (χ0n) is 13.4. The number of hydrogen-bond acceptors (Lipinski definition) is 4. The molecule has 1 heterocycles. The molecular formula is C15H24ClN3O3S. The van der Waals surface area contributed by atoms with Gasteiger partial charge in [-0.25, -0.2) is 8.42 Å². The quantitative estimate of drug-likeness (QED) is 0.814. The number of hydrogen-bond donors (Lipinski definition) is 2. The minimum atomic E-state index is -3.63. The molecule has 1 saturated heterocycles. The summed E-state index contributed by atoms with van der Waals surface area (Å²) in [6.07, 6.45) is 0.863. The Morgan fingerprint density at radius 3 is 2.61 bits per heavy atom. The van der Waals surface area contributed by atoms with Gasteiger partial charge in [0.2, 0.25) is 15.9 Å². The van der Waals surface area contributed by atoms with Crippen molar-refractivity contribution in [2.75, 3.05) is 26.7 Å². The van der Waals surface area contributed by atoms with E-state index in [0.717, 1.165) is 23.8 Å². The van der Waals surface area contributed by atoms with E-state index in [9.17, 15) is 13.2 Å². The van der Waals surface area contributed by atoms with E-state index in [1.54, 1.807) is 18.2 Å². The number of rotatable bonds is 5. The van der Waals surface area contributed by atoms with Crippen molar-refractivity contribution < 1.29 is 13.2 Å². The molecule has 23 heavy (non-hydrogen) atoms. The third kappa shape index (κ3) is 5.17. The second kappa shape index (κ2) is 8.63. The predicted octanol–water partition coefficient (Wildman–Crippen LogP) is 0.843. The maximum Gasteiger partial charge on any atom is 0.243 e. The van der Waals surface area contributed by atoms with Gasteiger partial charge < -0.3 is 10.6 Å². The Hall–Kier alpha value is -1.15. The van der Waals surface area contributed by atoms with Gasteiger partial charge in [0.15, 0.2) is 0 Å². The largest absolute Gasteiger partial charge is 0.352 e. The fourth-order valence-corrected chi connectivity index (χ4v) is 3.69. The Morgan fingerprint density at radius 2 is 2.00 bits per heavy atom. The fraction of sp³-hybridized carbons (Fsp3) is 0.533. The van der Waals surface area contributed by atoms with Crippen LogP contribution in [0, 0.1) is 5.92 Å². The van der Waals surface area contributed by atoms with Gasteiger partial charge in [-0.15, -0.1) is 12.4 Å². The van der Waals surface area contributed by atoms with E-state index in [-0.39, 0.29) is 35.8 Å². The summed E-state index contributed by atoms with van der Waals surface area (Å²) < 4.78 is 25.8. The highest BCUT2D eigenvalue weighted by molar-refractivity contribution is 7.89. The molecular weight excluding hydrogens is 338 g/mol. The van der Waals surface area contributed by atoms with Crippen LogP contribution in [-0.4, -0.2) is 51.4 Å². The molecule has 2 rings (SSSR count). The molecule has 1 aliphatic heterocycles. The molecule has 1 aromatic carbocycles. The fourth-order valence-electron chi connectivity index (χ4n) is 2.54. The average molecular weight is 362 g/mol. The van der Waals surface area contributed by atoms with Gasteiger partial charge in [0, 0.05) is 13.1 Å². The number of nitrogens with one attached hydrogen (secondary N) is 2. The first-order valence-electron chi connectivity index (χ1n) is 7.42. The number of likely N-dealkylation sites (N-methyl/N-ethyl adjacent to an activating group) is 1. The van der Waals surface area contributed by atoms with Crippen LogP contribution >= 0.6 is 12.4 Å². The lowest BCUT2D eigenvalue weighted by atomic mass is 9.95. The monoisotopic (exact) mass is 361 g/mol. The third-order valence-electron chi connectivity index (χ3n) is 3.95. The second-order valence-electron chi connectivity index (χ2n) is 5.72. The van der Waals surface area contributed by atoms with E-state index in [1.807, 2.05) is 0 Å². The molecule has 1 aromatic rings. The Bertz CT molecular complexity index is 610. The van der Waals surface area contributed by atoms with Crippen molar-refractivity contribution in [3.8, 4) is 0 Å². The highest BCUT2D eigenvalue weighted by Crippen LogP contribution is 2.14. The number of benzene rings is 1. The van der Waals surface area contributed by atoms with Crippen LogP contribution in [0.25, 0.3) is 0 Å². The van der Waals surface area contributed by atoms with Crippen LogP contribution in [0.15, 0.2) is 35.2 Å². The number of amides is 1. The van der Waals surface area contributed by atoms with Crippen LogP contribution in [0.3, 0.4) is 0 Å². The summed E-state index contributed by atoms with van der Waals surface area (Å²) in [4.78, 5) is 12.3. The second-order valence-corrected chi connectivity index (χ2v) is 7.76. The molecule has 0 bridgehead atoms. The maximum atomic E-state index is 12.4. The summed E-state index contributed by atoms with van der Waals surface area (Å²) in [7, 11) is -2.20. The summed E-state index contributed by atoms with van der Waals surface area (Å²) in [6.45, 7) is 3.63. The summed E-state index contributed by atoms with van der Waals surface area (Å²) >= 11 is 0. The molecule has 0 aromatic heterocycles. The van der Waals surface area contributed by atoms with Crippen molar-refractivity contribution in [1.29, 1.82) is 0 Å². The van der Waals surface area contributed by atoms with E-state index in [2.05, 4.69) is 17.6 Å². The van der Waals surface area contributed by atoms with E-state index >= 15 is 0 Å². The smallest absolute Gasteiger partial charge is 0.243 e. The Morgan fingerprint density at radius 1 is 1.35 bits per heavy atom.